The van der Waals surface area contributed by atoms with E-state index in [1.165, 1.54) is 32.1 Å². The van der Waals surface area contributed by atoms with Gasteiger partial charge in [-0.2, -0.15) is 0 Å². The monoisotopic (exact) mass is 198 g/mol. The molecule has 1 fully saturated rings. The van der Waals surface area contributed by atoms with E-state index in [2.05, 4.69) is 12.2 Å². The van der Waals surface area contributed by atoms with Crippen molar-refractivity contribution in [2.75, 3.05) is 13.6 Å². The molecule has 1 aliphatic rings. The smallest absolute Gasteiger partial charge is 0.317 e. The van der Waals surface area contributed by atoms with E-state index in [0.717, 1.165) is 13.0 Å². The van der Waals surface area contributed by atoms with Gasteiger partial charge in [-0.25, -0.2) is 4.79 Å². The van der Waals surface area contributed by atoms with Crippen LogP contribution in [0, 0.1) is 0 Å². The minimum atomic E-state index is 0.0961. The fraction of sp³-hybridized carbons (Fsp3) is 0.909. The van der Waals surface area contributed by atoms with Crippen LogP contribution in [0.15, 0.2) is 0 Å². The molecule has 1 saturated carbocycles. The predicted octanol–water partition coefficient (Wildman–Crippen LogP) is 2.37. The fourth-order valence-electron chi connectivity index (χ4n) is 2.23. The van der Waals surface area contributed by atoms with E-state index in [-0.39, 0.29) is 6.03 Å². The van der Waals surface area contributed by atoms with Crippen LogP contribution in [0.5, 0.6) is 0 Å². The second-order valence-corrected chi connectivity index (χ2v) is 4.04. The molecule has 1 N–H and O–H groups in total. The van der Waals surface area contributed by atoms with Crippen LogP contribution in [0.25, 0.3) is 0 Å². The van der Waals surface area contributed by atoms with Gasteiger partial charge in [0.2, 0.25) is 0 Å². The number of nitrogens with zero attached hydrogens (tertiary/aromatic N) is 1. The van der Waals surface area contributed by atoms with Crippen molar-refractivity contribution in [1.29, 1.82) is 0 Å². The van der Waals surface area contributed by atoms with Gasteiger partial charge in [-0.15, -0.1) is 0 Å². The van der Waals surface area contributed by atoms with Gasteiger partial charge in [0, 0.05) is 19.6 Å². The lowest BCUT2D eigenvalue weighted by atomic mass is 9.94. The van der Waals surface area contributed by atoms with Crippen LogP contribution in [-0.2, 0) is 0 Å². The van der Waals surface area contributed by atoms with Crippen molar-refractivity contribution in [3.63, 3.8) is 0 Å². The molecule has 0 atom stereocenters. The first-order chi connectivity index (χ1) is 6.79. The van der Waals surface area contributed by atoms with Crippen LogP contribution >= 0.6 is 0 Å². The number of carbonyl (C=O) groups is 1. The Labute approximate surface area is 86.9 Å². The van der Waals surface area contributed by atoms with E-state index < -0.39 is 0 Å². The maximum atomic E-state index is 11.6. The molecule has 3 heteroatoms. The number of urea groups is 1. The molecule has 0 aromatic heterocycles. The highest BCUT2D eigenvalue weighted by Crippen LogP contribution is 2.22. The van der Waals surface area contributed by atoms with Gasteiger partial charge >= 0.3 is 6.03 Å². The summed E-state index contributed by atoms with van der Waals surface area (Å²) in [6, 6.07) is 0.586. The summed E-state index contributed by atoms with van der Waals surface area (Å²) in [5.74, 6) is 0. The molecule has 0 aromatic carbocycles. The van der Waals surface area contributed by atoms with Crippen molar-refractivity contribution in [1.82, 2.24) is 10.2 Å². The van der Waals surface area contributed by atoms with Gasteiger partial charge < -0.3 is 10.2 Å². The van der Waals surface area contributed by atoms with E-state index in [1.54, 1.807) is 7.05 Å². The molecule has 3 nitrogen and oxygen atoms in total. The van der Waals surface area contributed by atoms with E-state index >= 15 is 0 Å². The van der Waals surface area contributed by atoms with E-state index in [4.69, 9.17) is 0 Å². The summed E-state index contributed by atoms with van der Waals surface area (Å²) < 4.78 is 0. The predicted molar refractivity (Wildman–Crippen MR) is 58.3 cm³/mol. The van der Waals surface area contributed by atoms with Crippen molar-refractivity contribution in [3.8, 4) is 0 Å². The first-order valence-corrected chi connectivity index (χ1v) is 5.78. The maximum absolute atomic E-state index is 11.6. The van der Waals surface area contributed by atoms with E-state index in [1.807, 2.05) is 4.90 Å². The molecular weight excluding hydrogens is 176 g/mol. The lowest BCUT2D eigenvalue weighted by molar-refractivity contribution is 0.157. The minimum Gasteiger partial charge on any atom is -0.341 e. The lowest BCUT2D eigenvalue weighted by Crippen LogP contribution is -2.46. The number of rotatable bonds is 3. The quantitative estimate of drug-likeness (QED) is 0.742. The second-order valence-electron chi connectivity index (χ2n) is 4.04. The molecule has 2 amide bonds. The Bertz CT molecular complexity index is 176. The summed E-state index contributed by atoms with van der Waals surface area (Å²) in [5.41, 5.74) is 0. The van der Waals surface area contributed by atoms with Crippen molar-refractivity contribution in [2.45, 2.75) is 51.5 Å². The van der Waals surface area contributed by atoms with Crippen LogP contribution in [0.1, 0.15) is 45.4 Å². The molecule has 0 spiro atoms. The van der Waals surface area contributed by atoms with Gasteiger partial charge in [0.15, 0.2) is 0 Å². The molecule has 1 aliphatic carbocycles. The summed E-state index contributed by atoms with van der Waals surface area (Å²) in [6.07, 6.45) is 7.32. The Hall–Kier alpha value is -0.730. The van der Waals surface area contributed by atoms with Crippen molar-refractivity contribution >= 4 is 6.03 Å². The van der Waals surface area contributed by atoms with Crippen molar-refractivity contribution in [3.05, 3.63) is 0 Å². The normalized spacial score (nSPS) is 17.9. The van der Waals surface area contributed by atoms with Gasteiger partial charge in [0.1, 0.15) is 0 Å². The molecule has 14 heavy (non-hydrogen) atoms. The third-order valence-corrected chi connectivity index (χ3v) is 2.95. The third kappa shape index (κ3) is 2.89. The molecule has 1 rings (SSSR count). The zero-order valence-electron chi connectivity index (χ0n) is 9.38. The number of hydrogen-bond acceptors (Lipinski definition) is 1. The van der Waals surface area contributed by atoms with Gasteiger partial charge in [-0.1, -0.05) is 26.2 Å². The first-order valence-electron chi connectivity index (χ1n) is 5.78. The minimum absolute atomic E-state index is 0.0961. The second kappa shape index (κ2) is 5.89. The molecule has 0 heterocycles. The Morgan fingerprint density at radius 3 is 2.50 bits per heavy atom. The average molecular weight is 198 g/mol. The van der Waals surface area contributed by atoms with Gasteiger partial charge in [0.05, 0.1) is 0 Å². The Morgan fingerprint density at radius 1 is 1.36 bits per heavy atom. The summed E-state index contributed by atoms with van der Waals surface area (Å²) in [5, 5.41) is 2.73. The standard InChI is InChI=1S/C11H22N2O/c1-3-9-13(11(14)12-2)10-7-5-4-6-8-10/h10H,3-9H2,1-2H3,(H,12,14). The van der Waals surface area contributed by atoms with Crippen LogP contribution in [0.3, 0.4) is 0 Å². The van der Waals surface area contributed by atoms with Crippen LogP contribution in [0.2, 0.25) is 0 Å². The van der Waals surface area contributed by atoms with Crippen LogP contribution < -0.4 is 5.32 Å². The van der Waals surface area contributed by atoms with Crippen LogP contribution in [-0.4, -0.2) is 30.6 Å². The third-order valence-electron chi connectivity index (χ3n) is 2.95. The molecule has 0 bridgehead atoms. The van der Waals surface area contributed by atoms with Crippen LogP contribution in [0.4, 0.5) is 4.79 Å². The largest absolute Gasteiger partial charge is 0.341 e. The molecular formula is C11H22N2O. The topological polar surface area (TPSA) is 32.3 Å². The highest BCUT2D eigenvalue weighted by Gasteiger charge is 2.23. The highest BCUT2D eigenvalue weighted by molar-refractivity contribution is 5.74. The highest BCUT2D eigenvalue weighted by atomic mass is 16.2. The average Bonchev–Trinajstić information content (AvgIpc) is 2.26. The van der Waals surface area contributed by atoms with Crippen molar-refractivity contribution < 1.29 is 4.79 Å². The molecule has 82 valence electrons. The van der Waals surface area contributed by atoms with E-state index in [9.17, 15) is 4.79 Å². The van der Waals surface area contributed by atoms with Gasteiger partial charge in [0.25, 0.3) is 0 Å². The summed E-state index contributed by atoms with van der Waals surface area (Å²) in [6.45, 7) is 3.02. The molecule has 0 saturated heterocycles. The first kappa shape index (κ1) is 11.3. The summed E-state index contributed by atoms with van der Waals surface area (Å²) >= 11 is 0. The van der Waals surface area contributed by atoms with Gasteiger partial charge in [-0.05, 0) is 19.3 Å². The number of nitrogens with one attached hydrogen (secondary N) is 1. The molecule has 0 unspecified atom stereocenters. The zero-order chi connectivity index (χ0) is 10.4. The maximum Gasteiger partial charge on any atom is 0.317 e. The van der Waals surface area contributed by atoms with Crippen molar-refractivity contribution in [2.24, 2.45) is 0 Å². The Balaban J connectivity index is 2.50. The fourth-order valence-corrected chi connectivity index (χ4v) is 2.23. The van der Waals surface area contributed by atoms with Gasteiger partial charge in [-0.3, -0.25) is 0 Å². The summed E-state index contributed by atoms with van der Waals surface area (Å²) in [4.78, 5) is 13.6. The number of amides is 2. The Kier molecular flexibility index (Phi) is 4.77. The zero-order valence-corrected chi connectivity index (χ0v) is 9.38. The number of hydrogen-bond donors (Lipinski definition) is 1. The molecule has 0 radical (unpaired) electrons. The molecule has 0 aliphatic heterocycles. The Morgan fingerprint density at radius 2 is 2.00 bits per heavy atom. The number of carbonyl (C=O) groups excluding carboxylic acids is 1. The lowest BCUT2D eigenvalue weighted by Gasteiger charge is -2.33. The van der Waals surface area contributed by atoms with E-state index in [0.29, 0.717) is 6.04 Å². The molecule has 0 aromatic rings. The SMILES string of the molecule is CCCN(C(=O)NC)C1CCCCC1. The summed E-state index contributed by atoms with van der Waals surface area (Å²) in [7, 11) is 1.72.